The molecule has 1 aliphatic heterocycles. The molecule has 13 heteroatoms. The van der Waals surface area contributed by atoms with Crippen molar-refractivity contribution in [2.75, 3.05) is 11.9 Å². The molecule has 0 aliphatic carbocycles. The summed E-state index contributed by atoms with van der Waals surface area (Å²) in [6.07, 6.45) is 1.76. The lowest BCUT2D eigenvalue weighted by Gasteiger charge is -2.24. The van der Waals surface area contributed by atoms with Crippen molar-refractivity contribution in [2.45, 2.75) is 46.0 Å². The summed E-state index contributed by atoms with van der Waals surface area (Å²) < 4.78 is 29.5. The first kappa shape index (κ1) is 27.4. The Hall–Kier alpha value is -4.13. The second-order valence-electron chi connectivity index (χ2n) is 9.62. The number of amides is 2. The maximum absolute atomic E-state index is 14.5. The first-order valence-corrected chi connectivity index (χ1v) is 13.2. The normalized spacial score (nSPS) is 16.9. The average molecular weight is 612 g/mol. The van der Waals surface area contributed by atoms with Gasteiger partial charge in [0.25, 0.3) is 0 Å². The fourth-order valence-electron chi connectivity index (χ4n) is 4.69. The lowest BCUT2D eigenvalue weighted by molar-refractivity contribution is -0.137. The van der Waals surface area contributed by atoms with E-state index in [0.29, 0.717) is 22.3 Å². The summed E-state index contributed by atoms with van der Waals surface area (Å²) >= 11 is 2.99. The minimum atomic E-state index is -1.41. The summed E-state index contributed by atoms with van der Waals surface area (Å²) in [4.78, 5) is 52.4. The number of Topliss-reactive ketones (excluding diaryl/α,β-unsaturated/α-hetero) is 1. The fraction of sp³-hybridized carbons (Fsp3) is 0.296. The van der Waals surface area contributed by atoms with E-state index in [2.05, 4.69) is 41.3 Å². The number of nitrogens with zero attached hydrogens (tertiary/aromatic N) is 6. The van der Waals surface area contributed by atoms with Gasteiger partial charge in [-0.1, -0.05) is 6.07 Å². The fourth-order valence-corrected chi connectivity index (χ4v) is 4.98. The summed E-state index contributed by atoms with van der Waals surface area (Å²) in [7, 11) is 0. The second-order valence-corrected chi connectivity index (χ2v) is 10.4. The topological polar surface area (TPSA) is 123 Å². The number of nitrogens with one attached hydrogen (secondary N) is 1. The number of anilines is 1. The molecule has 4 aromatic rings. The van der Waals surface area contributed by atoms with Crippen LogP contribution in [0, 0.1) is 19.7 Å². The third kappa shape index (κ3) is 5.33. The van der Waals surface area contributed by atoms with Gasteiger partial charge in [0.1, 0.15) is 40.7 Å². The van der Waals surface area contributed by atoms with Crippen molar-refractivity contribution < 1.29 is 23.2 Å². The highest BCUT2D eigenvalue weighted by molar-refractivity contribution is 9.10. The Balaban J connectivity index is 1.41. The van der Waals surface area contributed by atoms with E-state index in [4.69, 9.17) is 0 Å². The highest BCUT2D eigenvalue weighted by atomic mass is 79.9. The van der Waals surface area contributed by atoms with Gasteiger partial charge in [-0.2, -0.15) is 5.10 Å². The van der Waals surface area contributed by atoms with Crippen molar-refractivity contribution in [1.82, 2.24) is 29.6 Å². The van der Waals surface area contributed by atoms with Crippen LogP contribution < -0.4 is 5.32 Å². The molecule has 1 aromatic carbocycles. The standard InChI is InChI=1S/C27H24BrF2N7O3/c1-13-6-20(30)25(28)33-26(13)34-27(40)22-8-18(29)11-36(22)23(39)12-37-21-5-4-16(17-9-31-15(3)32-10-17)7-19(21)24(35-37)14(2)38/h4-7,9-10,18,22H,8,11-12H2,1-3H3,(H,33,34,40)/t18-,22+/m1/s1. The van der Waals surface area contributed by atoms with E-state index >= 15 is 0 Å². The summed E-state index contributed by atoms with van der Waals surface area (Å²) in [5, 5.41) is 7.50. The molecule has 10 nitrogen and oxygen atoms in total. The van der Waals surface area contributed by atoms with Gasteiger partial charge in [-0.15, -0.1) is 0 Å². The van der Waals surface area contributed by atoms with Gasteiger partial charge in [-0.3, -0.25) is 19.1 Å². The maximum atomic E-state index is 14.5. The number of halogens is 3. The van der Waals surface area contributed by atoms with Crippen molar-refractivity contribution in [3.8, 4) is 11.1 Å². The van der Waals surface area contributed by atoms with Crippen LogP contribution in [0.4, 0.5) is 14.6 Å². The maximum Gasteiger partial charge on any atom is 0.248 e. The molecule has 5 rings (SSSR count). The van der Waals surface area contributed by atoms with E-state index in [0.717, 1.165) is 16.0 Å². The number of pyridine rings is 1. The van der Waals surface area contributed by atoms with Crippen LogP contribution in [0.15, 0.2) is 41.3 Å². The van der Waals surface area contributed by atoms with E-state index in [1.165, 1.54) is 17.7 Å². The van der Waals surface area contributed by atoms with E-state index in [1.807, 2.05) is 6.07 Å². The molecule has 1 fully saturated rings. The van der Waals surface area contributed by atoms with E-state index < -0.39 is 29.8 Å². The SMILES string of the molecule is CC(=O)c1nn(CC(=O)N2C[C@H](F)C[C@H]2C(=O)Nc2nc(Br)c(F)cc2C)c2ccc(-c3cnc(C)nc3)cc12. The molecule has 1 N–H and O–H groups in total. The Morgan fingerprint density at radius 2 is 1.85 bits per heavy atom. The van der Waals surface area contributed by atoms with Gasteiger partial charge in [-0.05, 0) is 59.1 Å². The molecule has 0 bridgehead atoms. The monoisotopic (exact) mass is 611 g/mol. The molecule has 0 radical (unpaired) electrons. The molecular weight excluding hydrogens is 588 g/mol. The van der Waals surface area contributed by atoms with E-state index in [-0.39, 0.29) is 41.4 Å². The number of hydrogen-bond donors (Lipinski definition) is 1. The van der Waals surface area contributed by atoms with E-state index in [9.17, 15) is 23.2 Å². The van der Waals surface area contributed by atoms with Crippen molar-refractivity contribution in [3.63, 3.8) is 0 Å². The number of likely N-dealkylation sites (tertiary alicyclic amines) is 1. The number of carbonyl (C=O) groups is 3. The summed E-state index contributed by atoms with van der Waals surface area (Å²) in [6.45, 7) is 4.15. The summed E-state index contributed by atoms with van der Waals surface area (Å²) in [5.41, 5.74) is 2.61. The number of benzene rings is 1. The molecule has 1 aliphatic rings. The molecule has 40 heavy (non-hydrogen) atoms. The van der Waals surface area contributed by atoms with Gasteiger partial charge < -0.3 is 10.2 Å². The predicted octanol–water partition coefficient (Wildman–Crippen LogP) is 4.19. The Morgan fingerprint density at radius 3 is 2.55 bits per heavy atom. The Labute approximate surface area is 235 Å². The Bertz CT molecular complexity index is 1660. The van der Waals surface area contributed by atoms with Crippen LogP contribution in [0.1, 0.15) is 35.2 Å². The average Bonchev–Trinajstić information content (AvgIpc) is 3.48. The van der Waals surface area contributed by atoms with E-state index in [1.54, 1.807) is 38.4 Å². The molecule has 2 atom stereocenters. The zero-order valence-corrected chi connectivity index (χ0v) is 23.4. The quantitative estimate of drug-likeness (QED) is 0.256. The molecule has 0 saturated carbocycles. The molecule has 4 heterocycles. The van der Waals surface area contributed by atoms with Crippen LogP contribution >= 0.6 is 15.9 Å². The van der Waals surface area contributed by atoms with Crippen molar-refractivity contribution in [1.29, 1.82) is 0 Å². The van der Waals surface area contributed by atoms with Crippen molar-refractivity contribution in [3.05, 3.63) is 64.2 Å². The third-order valence-corrected chi connectivity index (χ3v) is 7.28. The van der Waals surface area contributed by atoms with Gasteiger partial charge >= 0.3 is 0 Å². The largest absolute Gasteiger partial charge is 0.326 e. The molecule has 2 amide bonds. The molecular formula is C27H24BrF2N7O3. The Kier molecular flexibility index (Phi) is 7.41. The summed E-state index contributed by atoms with van der Waals surface area (Å²) in [6, 6.07) is 5.44. The lowest BCUT2D eigenvalue weighted by Crippen LogP contribution is -2.44. The minimum absolute atomic E-state index is 0.0824. The highest BCUT2D eigenvalue weighted by Gasteiger charge is 2.40. The van der Waals surface area contributed by atoms with Crippen molar-refractivity contribution in [2.24, 2.45) is 0 Å². The van der Waals surface area contributed by atoms with Crippen LogP contribution in [-0.2, 0) is 16.1 Å². The van der Waals surface area contributed by atoms with Crippen LogP contribution in [0.2, 0.25) is 0 Å². The lowest BCUT2D eigenvalue weighted by atomic mass is 10.0. The number of rotatable bonds is 6. The van der Waals surface area contributed by atoms with Gasteiger partial charge in [0, 0.05) is 36.7 Å². The predicted molar refractivity (Wildman–Crippen MR) is 146 cm³/mol. The van der Waals surface area contributed by atoms with Gasteiger partial charge in [-0.25, -0.2) is 23.7 Å². The van der Waals surface area contributed by atoms with Crippen molar-refractivity contribution >= 4 is 50.2 Å². The molecule has 3 aromatic heterocycles. The number of fused-ring (bicyclic) bond motifs is 1. The van der Waals surface area contributed by atoms with Crippen LogP contribution in [0.5, 0.6) is 0 Å². The first-order chi connectivity index (χ1) is 19.0. The molecule has 0 unspecified atom stereocenters. The zero-order chi connectivity index (χ0) is 28.7. The molecule has 1 saturated heterocycles. The molecule has 206 valence electrons. The number of aromatic nitrogens is 5. The van der Waals surface area contributed by atoms with Crippen LogP contribution in [0.3, 0.4) is 0 Å². The zero-order valence-electron chi connectivity index (χ0n) is 21.8. The minimum Gasteiger partial charge on any atom is -0.326 e. The number of carbonyl (C=O) groups excluding carboxylic acids is 3. The first-order valence-electron chi connectivity index (χ1n) is 12.4. The number of aryl methyl sites for hydroxylation is 2. The van der Waals surface area contributed by atoms with Crippen LogP contribution in [-0.4, -0.2) is 66.0 Å². The van der Waals surface area contributed by atoms with Crippen LogP contribution in [0.25, 0.3) is 22.0 Å². The van der Waals surface area contributed by atoms with Gasteiger partial charge in [0.15, 0.2) is 11.6 Å². The van der Waals surface area contributed by atoms with Gasteiger partial charge in [0.2, 0.25) is 11.8 Å². The Morgan fingerprint density at radius 1 is 1.12 bits per heavy atom. The molecule has 0 spiro atoms. The number of hydrogen-bond acceptors (Lipinski definition) is 7. The highest BCUT2D eigenvalue weighted by Crippen LogP contribution is 2.28. The second kappa shape index (κ2) is 10.8. The summed E-state index contributed by atoms with van der Waals surface area (Å²) in [5.74, 6) is -1.33. The smallest absolute Gasteiger partial charge is 0.248 e. The number of alkyl halides is 1. The third-order valence-electron chi connectivity index (χ3n) is 6.72. The number of ketones is 1. The van der Waals surface area contributed by atoms with Gasteiger partial charge in [0.05, 0.1) is 12.1 Å².